The molecule has 2 heterocycles. The van der Waals surface area contributed by atoms with Gasteiger partial charge in [0.2, 0.25) is 11.8 Å². The molecule has 0 aliphatic carbocycles. The van der Waals surface area contributed by atoms with Gasteiger partial charge in [-0.25, -0.2) is 0 Å². The SMILES string of the molecule is Cc1ccc(CC(=O)N2CCN(C(=O)CC3CCCN3)CC2)cc1. The van der Waals surface area contributed by atoms with E-state index < -0.39 is 0 Å². The number of hydrogen-bond donors (Lipinski definition) is 1. The number of nitrogens with one attached hydrogen (secondary N) is 1. The molecule has 2 saturated heterocycles. The molecule has 1 aromatic rings. The van der Waals surface area contributed by atoms with Crippen molar-refractivity contribution >= 4 is 11.8 Å². The van der Waals surface area contributed by atoms with E-state index in [1.807, 2.05) is 41.0 Å². The number of amides is 2. The number of benzene rings is 1. The van der Waals surface area contributed by atoms with E-state index in [0.29, 0.717) is 45.1 Å². The largest absolute Gasteiger partial charge is 0.339 e. The van der Waals surface area contributed by atoms with Crippen LogP contribution >= 0.6 is 0 Å². The Balaban J connectivity index is 1.44. The summed E-state index contributed by atoms with van der Waals surface area (Å²) in [6.45, 7) is 5.68. The summed E-state index contributed by atoms with van der Waals surface area (Å²) in [6.07, 6.45) is 3.30. The highest BCUT2D eigenvalue weighted by Crippen LogP contribution is 2.13. The minimum atomic E-state index is 0.156. The first-order chi connectivity index (χ1) is 11.6. The van der Waals surface area contributed by atoms with E-state index in [0.717, 1.165) is 18.5 Å². The number of carbonyl (C=O) groups excluding carboxylic acids is 2. The minimum absolute atomic E-state index is 0.156. The molecule has 5 nitrogen and oxygen atoms in total. The van der Waals surface area contributed by atoms with Gasteiger partial charge in [-0.05, 0) is 31.9 Å². The van der Waals surface area contributed by atoms with E-state index in [1.165, 1.54) is 12.0 Å². The second kappa shape index (κ2) is 7.79. The van der Waals surface area contributed by atoms with Crippen molar-refractivity contribution in [1.82, 2.24) is 15.1 Å². The van der Waals surface area contributed by atoms with Crippen LogP contribution in [0.15, 0.2) is 24.3 Å². The van der Waals surface area contributed by atoms with Crippen LogP contribution in [-0.4, -0.2) is 60.4 Å². The molecule has 0 radical (unpaired) electrons. The molecule has 1 atom stereocenters. The van der Waals surface area contributed by atoms with Gasteiger partial charge in [0.15, 0.2) is 0 Å². The van der Waals surface area contributed by atoms with Gasteiger partial charge >= 0.3 is 0 Å². The van der Waals surface area contributed by atoms with Crippen LogP contribution in [0.5, 0.6) is 0 Å². The van der Waals surface area contributed by atoms with Gasteiger partial charge in [0.05, 0.1) is 6.42 Å². The Morgan fingerprint density at radius 1 is 1.04 bits per heavy atom. The fourth-order valence-corrected chi connectivity index (χ4v) is 3.47. The molecule has 0 saturated carbocycles. The molecule has 1 unspecified atom stereocenters. The number of hydrogen-bond acceptors (Lipinski definition) is 3. The summed E-state index contributed by atoms with van der Waals surface area (Å²) in [6, 6.07) is 8.45. The Bertz CT molecular complexity index is 571. The summed E-state index contributed by atoms with van der Waals surface area (Å²) in [7, 11) is 0. The number of aryl methyl sites for hydroxylation is 1. The Labute approximate surface area is 144 Å². The molecule has 2 aliphatic rings. The zero-order valence-corrected chi connectivity index (χ0v) is 14.5. The molecule has 2 amide bonds. The maximum atomic E-state index is 12.4. The number of piperazine rings is 1. The van der Waals surface area contributed by atoms with E-state index >= 15 is 0 Å². The van der Waals surface area contributed by atoms with E-state index in [4.69, 9.17) is 0 Å². The lowest BCUT2D eigenvalue weighted by Crippen LogP contribution is -2.51. The van der Waals surface area contributed by atoms with E-state index in [2.05, 4.69) is 5.32 Å². The third-order valence-electron chi connectivity index (χ3n) is 5.04. The first-order valence-corrected chi connectivity index (χ1v) is 8.96. The molecule has 0 bridgehead atoms. The highest BCUT2D eigenvalue weighted by Gasteiger charge is 2.26. The summed E-state index contributed by atoms with van der Waals surface area (Å²) < 4.78 is 0. The summed E-state index contributed by atoms with van der Waals surface area (Å²) in [5, 5.41) is 3.37. The second-order valence-electron chi connectivity index (χ2n) is 6.92. The quantitative estimate of drug-likeness (QED) is 0.907. The van der Waals surface area contributed by atoms with Gasteiger partial charge in [-0.3, -0.25) is 9.59 Å². The molecule has 130 valence electrons. The topological polar surface area (TPSA) is 52.7 Å². The van der Waals surface area contributed by atoms with E-state index in [1.54, 1.807) is 0 Å². The molecule has 0 aromatic heterocycles. The molecule has 1 N–H and O–H groups in total. The fourth-order valence-electron chi connectivity index (χ4n) is 3.47. The predicted molar refractivity (Wildman–Crippen MR) is 93.7 cm³/mol. The molecule has 24 heavy (non-hydrogen) atoms. The van der Waals surface area contributed by atoms with Crippen LogP contribution in [0.25, 0.3) is 0 Å². The van der Waals surface area contributed by atoms with Gasteiger partial charge in [0.1, 0.15) is 0 Å². The van der Waals surface area contributed by atoms with Crippen molar-refractivity contribution in [2.45, 2.75) is 38.6 Å². The van der Waals surface area contributed by atoms with E-state index in [-0.39, 0.29) is 11.8 Å². The van der Waals surface area contributed by atoms with Crippen LogP contribution in [0.3, 0.4) is 0 Å². The van der Waals surface area contributed by atoms with Gasteiger partial charge in [0.25, 0.3) is 0 Å². The van der Waals surface area contributed by atoms with Gasteiger partial charge < -0.3 is 15.1 Å². The zero-order valence-electron chi connectivity index (χ0n) is 14.5. The normalized spacial score (nSPS) is 21.1. The van der Waals surface area contributed by atoms with Crippen LogP contribution in [-0.2, 0) is 16.0 Å². The fraction of sp³-hybridized carbons (Fsp3) is 0.579. The van der Waals surface area contributed by atoms with Gasteiger partial charge in [-0.1, -0.05) is 29.8 Å². The van der Waals surface area contributed by atoms with Crippen molar-refractivity contribution < 1.29 is 9.59 Å². The van der Waals surface area contributed by atoms with E-state index in [9.17, 15) is 9.59 Å². The van der Waals surface area contributed by atoms with Crippen molar-refractivity contribution in [3.05, 3.63) is 35.4 Å². The van der Waals surface area contributed by atoms with Crippen molar-refractivity contribution in [1.29, 1.82) is 0 Å². The van der Waals surface area contributed by atoms with Crippen LogP contribution in [0, 0.1) is 6.92 Å². The smallest absolute Gasteiger partial charge is 0.227 e. The lowest BCUT2D eigenvalue weighted by Gasteiger charge is -2.35. The third-order valence-corrected chi connectivity index (χ3v) is 5.04. The summed E-state index contributed by atoms with van der Waals surface area (Å²) >= 11 is 0. The third kappa shape index (κ3) is 4.35. The number of rotatable bonds is 4. The first kappa shape index (κ1) is 17.0. The van der Waals surface area contributed by atoms with Crippen LogP contribution in [0.4, 0.5) is 0 Å². The van der Waals surface area contributed by atoms with Crippen molar-refractivity contribution in [3.63, 3.8) is 0 Å². The zero-order chi connectivity index (χ0) is 16.9. The van der Waals surface area contributed by atoms with Crippen molar-refractivity contribution in [3.8, 4) is 0 Å². The highest BCUT2D eigenvalue weighted by molar-refractivity contribution is 5.80. The molecule has 2 aliphatic heterocycles. The average Bonchev–Trinajstić information content (AvgIpc) is 3.10. The maximum absolute atomic E-state index is 12.4. The molecular formula is C19H27N3O2. The minimum Gasteiger partial charge on any atom is -0.339 e. The van der Waals surface area contributed by atoms with Gasteiger partial charge in [0, 0.05) is 38.6 Å². The lowest BCUT2D eigenvalue weighted by atomic mass is 10.1. The molecule has 2 fully saturated rings. The van der Waals surface area contributed by atoms with Crippen LogP contribution < -0.4 is 5.32 Å². The molecular weight excluding hydrogens is 302 g/mol. The Hall–Kier alpha value is -1.88. The number of nitrogens with zero attached hydrogens (tertiary/aromatic N) is 2. The Morgan fingerprint density at radius 2 is 1.67 bits per heavy atom. The summed E-state index contributed by atoms with van der Waals surface area (Å²) in [5.41, 5.74) is 2.26. The molecule has 5 heteroatoms. The van der Waals surface area contributed by atoms with Crippen molar-refractivity contribution in [2.75, 3.05) is 32.7 Å². The monoisotopic (exact) mass is 329 g/mol. The van der Waals surface area contributed by atoms with Crippen LogP contribution in [0.2, 0.25) is 0 Å². The van der Waals surface area contributed by atoms with Gasteiger partial charge in [-0.15, -0.1) is 0 Å². The van der Waals surface area contributed by atoms with Crippen molar-refractivity contribution in [2.24, 2.45) is 0 Å². The maximum Gasteiger partial charge on any atom is 0.227 e. The second-order valence-corrected chi connectivity index (χ2v) is 6.92. The van der Waals surface area contributed by atoms with Crippen LogP contribution in [0.1, 0.15) is 30.4 Å². The predicted octanol–water partition coefficient (Wildman–Crippen LogP) is 1.35. The molecule has 0 spiro atoms. The summed E-state index contributed by atoms with van der Waals surface area (Å²) in [5.74, 6) is 0.378. The Kier molecular flexibility index (Phi) is 5.51. The lowest BCUT2D eigenvalue weighted by molar-refractivity contribution is -0.139. The highest BCUT2D eigenvalue weighted by atomic mass is 16.2. The standard InChI is InChI=1S/C19H27N3O2/c1-15-4-6-16(7-5-15)13-18(23)21-9-11-22(12-10-21)19(24)14-17-3-2-8-20-17/h4-7,17,20H,2-3,8-14H2,1H3. The first-order valence-electron chi connectivity index (χ1n) is 8.96. The number of carbonyl (C=O) groups is 2. The Morgan fingerprint density at radius 3 is 2.25 bits per heavy atom. The molecule has 1 aromatic carbocycles. The average molecular weight is 329 g/mol. The van der Waals surface area contributed by atoms with Gasteiger partial charge in [-0.2, -0.15) is 0 Å². The molecule has 3 rings (SSSR count). The summed E-state index contributed by atoms with van der Waals surface area (Å²) in [4.78, 5) is 28.6.